The zero-order valence-electron chi connectivity index (χ0n) is 13.1. The highest BCUT2D eigenvalue weighted by Crippen LogP contribution is 2.25. The SMILES string of the molecule is COc1ccc(S(N)(=O)=O)cc1C(=O)NC(C)c1ccccc1Br. The summed E-state index contributed by atoms with van der Waals surface area (Å²) in [4.78, 5) is 12.4. The van der Waals surface area contributed by atoms with Crippen molar-refractivity contribution in [2.24, 2.45) is 5.14 Å². The van der Waals surface area contributed by atoms with Crippen LogP contribution in [0.15, 0.2) is 51.8 Å². The van der Waals surface area contributed by atoms with Crippen molar-refractivity contribution in [2.45, 2.75) is 17.9 Å². The van der Waals surface area contributed by atoms with Crippen molar-refractivity contribution in [3.05, 3.63) is 58.1 Å². The molecule has 2 aromatic rings. The van der Waals surface area contributed by atoms with E-state index in [1.807, 2.05) is 31.2 Å². The number of nitrogens with one attached hydrogen (secondary N) is 1. The number of nitrogens with two attached hydrogens (primary N) is 1. The molecule has 0 spiro atoms. The molecule has 2 aromatic carbocycles. The van der Waals surface area contributed by atoms with Crippen molar-refractivity contribution in [1.82, 2.24) is 5.32 Å². The van der Waals surface area contributed by atoms with E-state index in [1.165, 1.54) is 25.3 Å². The second-order valence-corrected chi connectivity index (χ2v) is 7.54. The fraction of sp³-hybridized carbons (Fsp3) is 0.188. The number of halogens is 1. The molecular weight excluding hydrogens is 396 g/mol. The predicted octanol–water partition coefficient (Wildman–Crippen LogP) is 2.60. The third-order valence-corrected chi connectivity index (χ3v) is 5.10. The number of hydrogen-bond donors (Lipinski definition) is 2. The highest BCUT2D eigenvalue weighted by Gasteiger charge is 2.19. The van der Waals surface area contributed by atoms with E-state index >= 15 is 0 Å². The minimum atomic E-state index is -3.91. The molecule has 1 amide bonds. The summed E-state index contributed by atoms with van der Waals surface area (Å²) in [6, 6.07) is 11.1. The maximum Gasteiger partial charge on any atom is 0.255 e. The molecule has 8 heteroatoms. The molecule has 0 aliphatic carbocycles. The zero-order chi connectivity index (χ0) is 17.9. The van der Waals surface area contributed by atoms with E-state index in [1.54, 1.807) is 0 Å². The van der Waals surface area contributed by atoms with Crippen LogP contribution in [0.5, 0.6) is 5.75 Å². The van der Waals surface area contributed by atoms with Gasteiger partial charge in [0.15, 0.2) is 0 Å². The Bertz CT molecular complexity index is 868. The highest BCUT2D eigenvalue weighted by molar-refractivity contribution is 9.10. The molecule has 0 aromatic heterocycles. The van der Waals surface area contributed by atoms with Crippen LogP contribution >= 0.6 is 15.9 Å². The molecule has 128 valence electrons. The summed E-state index contributed by atoms with van der Waals surface area (Å²) in [6.07, 6.45) is 0. The van der Waals surface area contributed by atoms with Crippen LogP contribution in [0, 0.1) is 0 Å². The number of benzene rings is 2. The highest BCUT2D eigenvalue weighted by atomic mass is 79.9. The summed E-state index contributed by atoms with van der Waals surface area (Å²) in [5, 5.41) is 7.95. The maximum absolute atomic E-state index is 12.6. The van der Waals surface area contributed by atoms with Crippen molar-refractivity contribution in [2.75, 3.05) is 7.11 Å². The molecule has 0 saturated carbocycles. The van der Waals surface area contributed by atoms with Gasteiger partial charge in [0, 0.05) is 4.47 Å². The Hall–Kier alpha value is -1.90. The largest absolute Gasteiger partial charge is 0.496 e. The summed E-state index contributed by atoms with van der Waals surface area (Å²) < 4.78 is 29.0. The second-order valence-electron chi connectivity index (χ2n) is 5.12. The van der Waals surface area contributed by atoms with E-state index in [2.05, 4.69) is 21.2 Å². The second kappa shape index (κ2) is 7.33. The standard InChI is InChI=1S/C16H17BrN2O4S/c1-10(12-5-3-4-6-14(12)17)19-16(20)13-9-11(24(18,21)22)7-8-15(13)23-2/h3-10H,1-2H3,(H,19,20)(H2,18,21,22). The van der Waals surface area contributed by atoms with Crippen LogP contribution in [-0.4, -0.2) is 21.4 Å². The number of primary sulfonamides is 1. The fourth-order valence-electron chi connectivity index (χ4n) is 2.22. The Kier molecular flexibility index (Phi) is 5.63. The molecule has 3 N–H and O–H groups in total. The van der Waals surface area contributed by atoms with Gasteiger partial charge >= 0.3 is 0 Å². The number of rotatable bonds is 5. The number of amides is 1. The van der Waals surface area contributed by atoms with Gasteiger partial charge in [0.2, 0.25) is 10.0 Å². The van der Waals surface area contributed by atoms with Crippen molar-refractivity contribution in [3.63, 3.8) is 0 Å². The normalized spacial score (nSPS) is 12.5. The van der Waals surface area contributed by atoms with Gasteiger partial charge in [-0.2, -0.15) is 0 Å². The number of methoxy groups -OCH3 is 1. The number of hydrogen-bond acceptors (Lipinski definition) is 4. The molecule has 0 heterocycles. The monoisotopic (exact) mass is 412 g/mol. The molecule has 0 bridgehead atoms. The zero-order valence-corrected chi connectivity index (χ0v) is 15.5. The number of carbonyl (C=O) groups is 1. The van der Waals surface area contributed by atoms with Gasteiger partial charge in [0.1, 0.15) is 5.75 Å². The topological polar surface area (TPSA) is 98.5 Å². The van der Waals surface area contributed by atoms with E-state index in [-0.39, 0.29) is 22.3 Å². The van der Waals surface area contributed by atoms with Crippen molar-refractivity contribution in [1.29, 1.82) is 0 Å². The first-order chi connectivity index (χ1) is 11.2. The first-order valence-corrected chi connectivity index (χ1v) is 9.34. The summed E-state index contributed by atoms with van der Waals surface area (Å²) in [5.74, 6) is -0.195. The van der Waals surface area contributed by atoms with E-state index in [0.29, 0.717) is 0 Å². The Morgan fingerprint density at radius 1 is 1.25 bits per heavy atom. The Morgan fingerprint density at radius 2 is 1.92 bits per heavy atom. The van der Waals surface area contributed by atoms with Gasteiger partial charge in [0.25, 0.3) is 5.91 Å². The lowest BCUT2D eigenvalue weighted by molar-refractivity contribution is 0.0936. The lowest BCUT2D eigenvalue weighted by atomic mass is 10.1. The van der Waals surface area contributed by atoms with Crippen LogP contribution in [0.4, 0.5) is 0 Å². The van der Waals surface area contributed by atoms with E-state index < -0.39 is 15.9 Å². The average Bonchev–Trinajstić information content (AvgIpc) is 2.53. The lowest BCUT2D eigenvalue weighted by Gasteiger charge is -2.17. The Morgan fingerprint density at radius 3 is 2.50 bits per heavy atom. The Labute approximate surface area is 149 Å². The van der Waals surface area contributed by atoms with Gasteiger partial charge in [-0.1, -0.05) is 34.1 Å². The van der Waals surface area contributed by atoms with Crippen LogP contribution < -0.4 is 15.2 Å². The van der Waals surface area contributed by atoms with Crippen molar-refractivity contribution >= 4 is 31.9 Å². The molecule has 2 rings (SSSR count). The van der Waals surface area contributed by atoms with Crippen molar-refractivity contribution in [3.8, 4) is 5.75 Å². The third-order valence-electron chi connectivity index (χ3n) is 3.46. The van der Waals surface area contributed by atoms with Crippen molar-refractivity contribution < 1.29 is 17.9 Å². The van der Waals surface area contributed by atoms with Crippen LogP contribution in [0.25, 0.3) is 0 Å². The smallest absolute Gasteiger partial charge is 0.255 e. The van der Waals surface area contributed by atoms with Gasteiger partial charge in [-0.15, -0.1) is 0 Å². The number of sulfonamides is 1. The van der Waals surface area contributed by atoms with Crippen LogP contribution in [0.3, 0.4) is 0 Å². The molecular formula is C16H17BrN2O4S. The molecule has 6 nitrogen and oxygen atoms in total. The lowest BCUT2D eigenvalue weighted by Crippen LogP contribution is -2.27. The van der Waals surface area contributed by atoms with Crippen LogP contribution in [-0.2, 0) is 10.0 Å². The molecule has 0 radical (unpaired) electrons. The van der Waals surface area contributed by atoms with Gasteiger partial charge in [-0.25, -0.2) is 13.6 Å². The number of ether oxygens (including phenoxy) is 1. The van der Waals surface area contributed by atoms with Gasteiger partial charge < -0.3 is 10.1 Å². The van der Waals surface area contributed by atoms with E-state index in [0.717, 1.165) is 10.0 Å². The van der Waals surface area contributed by atoms with Crippen LogP contribution in [0.2, 0.25) is 0 Å². The van der Waals surface area contributed by atoms with E-state index in [9.17, 15) is 13.2 Å². The quantitative estimate of drug-likeness (QED) is 0.787. The van der Waals surface area contributed by atoms with Gasteiger partial charge in [0.05, 0.1) is 23.6 Å². The molecule has 1 atom stereocenters. The van der Waals surface area contributed by atoms with E-state index in [4.69, 9.17) is 9.88 Å². The van der Waals surface area contributed by atoms with Gasteiger partial charge in [-0.3, -0.25) is 4.79 Å². The minimum absolute atomic E-state index is 0.0999. The molecule has 1 unspecified atom stereocenters. The summed E-state index contributed by atoms with van der Waals surface area (Å²) in [5.41, 5.74) is 0.996. The third kappa shape index (κ3) is 4.14. The molecule has 0 aliphatic heterocycles. The molecule has 0 aliphatic rings. The minimum Gasteiger partial charge on any atom is -0.496 e. The summed E-state index contributed by atoms with van der Waals surface area (Å²) in [7, 11) is -2.51. The molecule has 0 fully saturated rings. The summed E-state index contributed by atoms with van der Waals surface area (Å²) >= 11 is 3.44. The molecule has 0 saturated heterocycles. The Balaban J connectivity index is 2.34. The first kappa shape index (κ1) is 18.4. The average molecular weight is 413 g/mol. The summed E-state index contributed by atoms with van der Waals surface area (Å²) in [6.45, 7) is 1.83. The van der Waals surface area contributed by atoms with Crippen LogP contribution in [0.1, 0.15) is 28.9 Å². The number of carbonyl (C=O) groups excluding carboxylic acids is 1. The maximum atomic E-state index is 12.6. The van der Waals surface area contributed by atoms with Gasteiger partial charge in [-0.05, 0) is 36.8 Å². The predicted molar refractivity (Wildman–Crippen MR) is 94.4 cm³/mol. The first-order valence-electron chi connectivity index (χ1n) is 7.00. The molecule has 24 heavy (non-hydrogen) atoms. The fourth-order valence-corrected chi connectivity index (χ4v) is 3.39.